The maximum Gasteiger partial charge on any atom is 0.306 e. The fourth-order valence-electron chi connectivity index (χ4n) is 9.80. The van der Waals surface area contributed by atoms with Gasteiger partial charge in [0, 0.05) is 12.8 Å². The zero-order valence-electron chi connectivity index (χ0n) is 51.2. The second kappa shape index (κ2) is 56.5. The van der Waals surface area contributed by atoms with Gasteiger partial charge in [0.15, 0.2) is 0 Å². The maximum absolute atomic E-state index is 13.5. The SMILES string of the molecule is CC/C=C/C/C=C/CCCCCCCCCC(=O)NC(COP(=O)([O-])OCC[N+](C)(C)C)C(/C=C\CCCCCCCCCCCCC)OC(=O)CCCCCCCCCCCCCCCCCCCCCCCCC. The molecule has 0 bridgehead atoms. The zero-order chi connectivity index (χ0) is 55.7. The summed E-state index contributed by atoms with van der Waals surface area (Å²) in [5.74, 6) is -0.535. The molecule has 9 nitrogen and oxygen atoms in total. The third-order valence-corrected chi connectivity index (χ3v) is 15.8. The third-order valence-electron chi connectivity index (χ3n) is 14.8. The van der Waals surface area contributed by atoms with Crippen molar-refractivity contribution in [3.05, 3.63) is 36.5 Å². The van der Waals surface area contributed by atoms with Crippen molar-refractivity contribution in [1.29, 1.82) is 0 Å². The molecule has 448 valence electrons. The number of phosphoric ester groups is 1. The first-order valence-corrected chi connectivity index (χ1v) is 34.3. The van der Waals surface area contributed by atoms with Crippen molar-refractivity contribution in [3.63, 3.8) is 0 Å². The van der Waals surface area contributed by atoms with E-state index in [1.54, 1.807) is 0 Å². The quantitative estimate of drug-likeness (QED) is 0.0212. The summed E-state index contributed by atoms with van der Waals surface area (Å²) in [7, 11) is 1.19. The van der Waals surface area contributed by atoms with Crippen LogP contribution in [0.5, 0.6) is 0 Å². The first-order chi connectivity index (χ1) is 36.9. The van der Waals surface area contributed by atoms with Crippen molar-refractivity contribution in [2.75, 3.05) is 40.9 Å². The molecule has 0 aromatic carbocycles. The van der Waals surface area contributed by atoms with Crippen molar-refractivity contribution in [2.24, 2.45) is 0 Å². The number of allylic oxidation sites excluding steroid dienone is 5. The van der Waals surface area contributed by atoms with Crippen molar-refractivity contribution in [3.8, 4) is 0 Å². The van der Waals surface area contributed by atoms with Crippen LogP contribution in [0.2, 0.25) is 0 Å². The first-order valence-electron chi connectivity index (χ1n) is 32.8. The van der Waals surface area contributed by atoms with Crippen LogP contribution < -0.4 is 10.2 Å². The summed E-state index contributed by atoms with van der Waals surface area (Å²) >= 11 is 0. The monoisotopic (exact) mass is 1090 g/mol. The third kappa shape index (κ3) is 56.9. The van der Waals surface area contributed by atoms with Gasteiger partial charge in [0.2, 0.25) is 5.91 Å². The molecule has 0 aromatic rings. The average molecular weight is 1090 g/mol. The highest BCUT2D eigenvalue weighted by Crippen LogP contribution is 2.38. The number of hydrogen-bond acceptors (Lipinski definition) is 7. The minimum absolute atomic E-state index is 0.0217. The number of esters is 1. The van der Waals surface area contributed by atoms with Crippen LogP contribution in [-0.4, -0.2) is 69.4 Å². The lowest BCUT2D eigenvalue weighted by Gasteiger charge is -2.30. The number of nitrogens with zero attached hydrogens (tertiary/aromatic N) is 1. The minimum atomic E-state index is -4.70. The van der Waals surface area contributed by atoms with Crippen LogP contribution in [0, 0.1) is 0 Å². The molecule has 76 heavy (non-hydrogen) atoms. The van der Waals surface area contributed by atoms with Gasteiger partial charge in [-0.15, -0.1) is 0 Å². The molecule has 0 aliphatic heterocycles. The fourth-order valence-corrected chi connectivity index (χ4v) is 10.5. The molecule has 3 unspecified atom stereocenters. The summed E-state index contributed by atoms with van der Waals surface area (Å²) in [4.78, 5) is 40.0. The van der Waals surface area contributed by atoms with Crippen LogP contribution in [0.15, 0.2) is 36.5 Å². The molecule has 0 saturated heterocycles. The minimum Gasteiger partial charge on any atom is -0.756 e. The standard InChI is InChI=1S/C66H127N2O7P/c1-7-10-13-16-19-22-25-28-30-31-32-33-34-35-36-37-38-41-44-47-50-53-56-59-66(70)75-64(57-54-51-48-45-42-39-27-24-21-18-15-12-9-3)63(62-74-76(71,72)73-61-60-68(4,5)6)67-65(69)58-55-52-49-46-43-40-29-26-23-20-17-14-11-8-2/h11,14,20,23,54,57,63-64H,7-10,12-13,15-19,21-22,24-53,55-56,58-62H2,1-6H3,(H-,67,69,71,72)/b14-11+,23-20+,57-54-. The van der Waals surface area contributed by atoms with E-state index in [9.17, 15) is 19.0 Å². The number of unbranched alkanes of at least 4 members (excludes halogenated alkanes) is 40. The molecule has 1 amide bonds. The number of phosphoric acid groups is 1. The topological polar surface area (TPSA) is 114 Å². The van der Waals surface area contributed by atoms with Gasteiger partial charge in [-0.05, 0) is 57.4 Å². The molecule has 0 aromatic heterocycles. The lowest BCUT2D eigenvalue weighted by atomic mass is 10.0. The second-order valence-electron chi connectivity index (χ2n) is 23.6. The molecule has 0 saturated carbocycles. The number of rotatable bonds is 60. The van der Waals surface area contributed by atoms with E-state index in [1.165, 1.54) is 205 Å². The summed E-state index contributed by atoms with van der Waals surface area (Å²) in [5.41, 5.74) is 0. The van der Waals surface area contributed by atoms with Crippen LogP contribution in [0.3, 0.4) is 0 Å². The van der Waals surface area contributed by atoms with Crippen molar-refractivity contribution >= 4 is 19.7 Å². The van der Waals surface area contributed by atoms with Crippen LogP contribution in [-0.2, 0) is 27.9 Å². The van der Waals surface area contributed by atoms with E-state index in [-0.39, 0.29) is 31.5 Å². The summed E-state index contributed by atoms with van der Waals surface area (Å²) in [5, 5.41) is 3.03. The highest BCUT2D eigenvalue weighted by atomic mass is 31.2. The van der Waals surface area contributed by atoms with Gasteiger partial charge >= 0.3 is 5.97 Å². The molecular weight excluding hydrogens is 964 g/mol. The number of likely N-dealkylation sites (N-methyl/N-ethyl adjacent to an activating group) is 1. The number of hydrogen-bond donors (Lipinski definition) is 1. The highest BCUT2D eigenvalue weighted by molar-refractivity contribution is 7.45. The maximum atomic E-state index is 13.5. The average Bonchev–Trinajstić information content (AvgIpc) is 3.38. The van der Waals surface area contributed by atoms with Crippen molar-refractivity contribution in [2.45, 2.75) is 335 Å². The Balaban J connectivity index is 5.12. The molecule has 3 atom stereocenters. The Morgan fingerprint density at radius 2 is 0.842 bits per heavy atom. The summed E-state index contributed by atoms with van der Waals surface area (Å²) < 4.78 is 30.4. The van der Waals surface area contributed by atoms with Gasteiger partial charge in [-0.2, -0.15) is 0 Å². The van der Waals surface area contributed by atoms with Gasteiger partial charge in [-0.25, -0.2) is 0 Å². The molecule has 0 aliphatic rings. The Bertz CT molecular complexity index is 1400. The summed E-state index contributed by atoms with van der Waals surface area (Å²) in [6, 6.07) is -0.889. The fraction of sp³-hybridized carbons (Fsp3) is 0.879. The highest BCUT2D eigenvalue weighted by Gasteiger charge is 2.27. The largest absolute Gasteiger partial charge is 0.756 e. The van der Waals surface area contributed by atoms with Gasteiger partial charge in [0.05, 0.1) is 33.8 Å². The number of carbonyl (C=O) groups is 2. The zero-order valence-corrected chi connectivity index (χ0v) is 52.1. The van der Waals surface area contributed by atoms with Crippen LogP contribution in [0.1, 0.15) is 323 Å². The van der Waals surface area contributed by atoms with E-state index < -0.39 is 20.0 Å². The molecule has 0 radical (unpaired) electrons. The number of ether oxygens (including phenoxy) is 1. The second-order valence-corrected chi connectivity index (χ2v) is 25.0. The van der Waals surface area contributed by atoms with E-state index in [1.807, 2.05) is 33.3 Å². The number of quaternary nitrogens is 1. The lowest BCUT2D eigenvalue weighted by molar-refractivity contribution is -0.870. The number of amides is 1. The first kappa shape index (κ1) is 74.2. The van der Waals surface area contributed by atoms with Gasteiger partial charge in [0.1, 0.15) is 19.3 Å². The van der Waals surface area contributed by atoms with Gasteiger partial charge in [-0.1, -0.05) is 289 Å². The molecule has 1 N–H and O–H groups in total. The molecular formula is C66H127N2O7P. The number of nitrogens with one attached hydrogen (secondary N) is 1. The Morgan fingerprint density at radius 1 is 0.474 bits per heavy atom. The molecule has 0 fully saturated rings. The molecule has 0 spiro atoms. The van der Waals surface area contributed by atoms with Crippen molar-refractivity contribution < 1.29 is 37.3 Å². The van der Waals surface area contributed by atoms with Crippen molar-refractivity contribution in [1.82, 2.24) is 5.32 Å². The van der Waals surface area contributed by atoms with E-state index >= 15 is 0 Å². The smallest absolute Gasteiger partial charge is 0.306 e. The predicted octanol–water partition coefficient (Wildman–Crippen LogP) is 19.7. The molecule has 10 heteroatoms. The van der Waals surface area contributed by atoms with E-state index in [0.717, 1.165) is 83.5 Å². The Morgan fingerprint density at radius 3 is 1.25 bits per heavy atom. The Hall–Kier alpha value is -1.77. The van der Waals surface area contributed by atoms with Gasteiger partial charge in [0.25, 0.3) is 7.82 Å². The van der Waals surface area contributed by atoms with Gasteiger partial charge < -0.3 is 28.5 Å². The van der Waals surface area contributed by atoms with E-state index in [0.29, 0.717) is 17.4 Å². The van der Waals surface area contributed by atoms with E-state index in [2.05, 4.69) is 50.4 Å². The molecule has 0 rings (SSSR count). The van der Waals surface area contributed by atoms with Gasteiger partial charge in [-0.3, -0.25) is 14.2 Å². The summed E-state index contributed by atoms with van der Waals surface area (Å²) in [6.07, 6.45) is 68.4. The summed E-state index contributed by atoms with van der Waals surface area (Å²) in [6.45, 7) is 6.78. The van der Waals surface area contributed by atoms with Crippen LogP contribution >= 0.6 is 7.82 Å². The normalized spacial score (nSPS) is 13.8. The van der Waals surface area contributed by atoms with Crippen LogP contribution in [0.4, 0.5) is 0 Å². The molecule has 0 heterocycles. The Kier molecular flexibility index (Phi) is 55.2. The van der Waals surface area contributed by atoms with E-state index in [4.69, 9.17) is 13.8 Å². The van der Waals surface area contributed by atoms with Crippen LogP contribution in [0.25, 0.3) is 0 Å². The lowest BCUT2D eigenvalue weighted by Crippen LogP contribution is -2.47. The Labute approximate surface area is 472 Å². The number of carbonyl (C=O) groups excluding carboxylic acids is 2. The molecule has 0 aliphatic carbocycles. The predicted molar refractivity (Wildman–Crippen MR) is 326 cm³/mol.